The molecule has 0 saturated carbocycles. The van der Waals surface area contributed by atoms with E-state index in [0.717, 1.165) is 24.5 Å². The zero-order chi connectivity index (χ0) is 14.4. The molecule has 2 heteroatoms. The lowest BCUT2D eigenvalue weighted by molar-refractivity contribution is 0.464. The Morgan fingerprint density at radius 1 is 0.900 bits per heavy atom. The highest BCUT2D eigenvalue weighted by Gasteiger charge is 2.07. The van der Waals surface area contributed by atoms with Crippen LogP contribution in [-0.4, -0.2) is 6.04 Å². The van der Waals surface area contributed by atoms with Crippen molar-refractivity contribution in [2.45, 2.75) is 39.8 Å². The average molecular weight is 269 g/mol. The molecule has 0 aliphatic rings. The van der Waals surface area contributed by atoms with E-state index in [-0.39, 0.29) is 0 Å². The summed E-state index contributed by atoms with van der Waals surface area (Å²) >= 11 is 0. The summed E-state index contributed by atoms with van der Waals surface area (Å²) < 4.78 is 6.12. The maximum absolute atomic E-state index is 6.12. The van der Waals surface area contributed by atoms with Gasteiger partial charge in [0.15, 0.2) is 0 Å². The van der Waals surface area contributed by atoms with Crippen LogP contribution < -0.4 is 10.1 Å². The zero-order valence-electron chi connectivity index (χ0n) is 12.5. The largest absolute Gasteiger partial charge is 0.457 e. The molecule has 2 aromatic rings. The van der Waals surface area contributed by atoms with Crippen molar-refractivity contribution in [1.29, 1.82) is 0 Å². The number of nitrogens with one attached hydrogen (secondary N) is 1. The van der Waals surface area contributed by atoms with E-state index >= 15 is 0 Å². The molecule has 0 aliphatic carbocycles. The first-order valence-electron chi connectivity index (χ1n) is 7.27. The maximum Gasteiger partial charge on any atom is 0.131 e. The van der Waals surface area contributed by atoms with Crippen LogP contribution in [0.4, 0.5) is 0 Å². The van der Waals surface area contributed by atoms with Gasteiger partial charge in [-0.05, 0) is 24.1 Å². The van der Waals surface area contributed by atoms with Crippen molar-refractivity contribution in [2.75, 3.05) is 0 Å². The van der Waals surface area contributed by atoms with Gasteiger partial charge in [0.2, 0.25) is 0 Å². The molecule has 2 nitrogen and oxygen atoms in total. The van der Waals surface area contributed by atoms with Gasteiger partial charge in [0.1, 0.15) is 11.5 Å². The molecule has 1 N–H and O–H groups in total. The van der Waals surface area contributed by atoms with Crippen LogP contribution in [0.15, 0.2) is 48.5 Å². The Morgan fingerprint density at radius 3 is 2.05 bits per heavy atom. The average Bonchev–Trinajstić information content (AvgIpc) is 2.47. The Morgan fingerprint density at radius 2 is 1.45 bits per heavy atom. The van der Waals surface area contributed by atoms with Crippen LogP contribution in [0.2, 0.25) is 0 Å². The van der Waals surface area contributed by atoms with Crippen molar-refractivity contribution in [3.63, 3.8) is 0 Å². The molecule has 0 aliphatic heterocycles. The summed E-state index contributed by atoms with van der Waals surface area (Å²) in [6.45, 7) is 7.27. The van der Waals surface area contributed by atoms with Crippen molar-refractivity contribution in [3.8, 4) is 11.5 Å². The summed E-state index contributed by atoms with van der Waals surface area (Å²) in [7, 11) is 0. The van der Waals surface area contributed by atoms with Gasteiger partial charge in [0.05, 0.1) is 0 Å². The number of benzene rings is 2. The summed E-state index contributed by atoms with van der Waals surface area (Å²) in [6.07, 6.45) is 0.975. The van der Waals surface area contributed by atoms with Crippen molar-refractivity contribution < 1.29 is 4.74 Å². The molecule has 2 rings (SSSR count). The predicted molar refractivity (Wildman–Crippen MR) is 84.3 cm³/mol. The van der Waals surface area contributed by atoms with Crippen molar-refractivity contribution in [1.82, 2.24) is 5.32 Å². The van der Waals surface area contributed by atoms with E-state index in [1.54, 1.807) is 0 Å². The summed E-state index contributed by atoms with van der Waals surface area (Å²) in [5.41, 5.74) is 2.42. The second kappa shape index (κ2) is 7.11. The predicted octanol–water partition coefficient (Wildman–Crippen LogP) is 4.54. The number of para-hydroxylation sites is 2. The lowest BCUT2D eigenvalue weighted by Gasteiger charge is -2.15. The quantitative estimate of drug-likeness (QED) is 0.831. The Hall–Kier alpha value is -1.80. The fourth-order valence-electron chi connectivity index (χ4n) is 2.08. The van der Waals surface area contributed by atoms with Crippen molar-refractivity contribution in [3.05, 3.63) is 59.7 Å². The Bertz CT molecular complexity index is 549. The van der Waals surface area contributed by atoms with Crippen LogP contribution in [0.1, 0.15) is 31.9 Å². The van der Waals surface area contributed by atoms with E-state index in [1.165, 1.54) is 11.1 Å². The monoisotopic (exact) mass is 269 g/mol. The van der Waals surface area contributed by atoms with E-state index in [0.29, 0.717) is 6.04 Å². The van der Waals surface area contributed by atoms with E-state index in [2.05, 4.69) is 50.4 Å². The third-order valence-corrected chi connectivity index (χ3v) is 3.25. The van der Waals surface area contributed by atoms with Crippen LogP contribution in [0, 0.1) is 0 Å². The van der Waals surface area contributed by atoms with Crippen LogP contribution in [0.5, 0.6) is 11.5 Å². The number of aryl methyl sites for hydroxylation is 1. The zero-order valence-corrected chi connectivity index (χ0v) is 12.5. The lowest BCUT2D eigenvalue weighted by atomic mass is 10.1. The van der Waals surface area contributed by atoms with Gasteiger partial charge in [0, 0.05) is 18.2 Å². The molecule has 0 fully saturated rings. The number of hydrogen-bond acceptors (Lipinski definition) is 2. The molecule has 0 amide bonds. The molecule has 0 spiro atoms. The summed E-state index contributed by atoms with van der Waals surface area (Å²) in [4.78, 5) is 0. The topological polar surface area (TPSA) is 21.3 Å². The van der Waals surface area contributed by atoms with E-state index in [9.17, 15) is 0 Å². The fraction of sp³-hybridized carbons (Fsp3) is 0.333. The molecule has 0 radical (unpaired) electrons. The van der Waals surface area contributed by atoms with Crippen LogP contribution in [-0.2, 0) is 13.0 Å². The summed E-state index contributed by atoms with van der Waals surface area (Å²) in [6, 6.07) is 16.9. The van der Waals surface area contributed by atoms with Gasteiger partial charge in [-0.3, -0.25) is 0 Å². The molecule has 106 valence electrons. The molecular weight excluding hydrogens is 246 g/mol. The first-order chi connectivity index (χ1) is 9.70. The van der Waals surface area contributed by atoms with Gasteiger partial charge >= 0.3 is 0 Å². The Kier molecular flexibility index (Phi) is 5.19. The molecule has 20 heavy (non-hydrogen) atoms. The minimum atomic E-state index is 0.464. The molecule has 0 bridgehead atoms. The lowest BCUT2D eigenvalue weighted by Crippen LogP contribution is -2.22. The van der Waals surface area contributed by atoms with Gasteiger partial charge < -0.3 is 10.1 Å². The van der Waals surface area contributed by atoms with Gasteiger partial charge in [-0.2, -0.15) is 0 Å². The van der Waals surface area contributed by atoms with Crippen LogP contribution in [0.3, 0.4) is 0 Å². The number of rotatable bonds is 6. The normalized spacial score (nSPS) is 10.8. The highest BCUT2D eigenvalue weighted by Crippen LogP contribution is 2.28. The third kappa shape index (κ3) is 3.84. The molecule has 0 atom stereocenters. The van der Waals surface area contributed by atoms with Crippen LogP contribution >= 0.6 is 0 Å². The first kappa shape index (κ1) is 14.6. The minimum absolute atomic E-state index is 0.464. The van der Waals surface area contributed by atoms with Crippen molar-refractivity contribution >= 4 is 0 Å². The SMILES string of the molecule is CCc1ccccc1Oc1ccccc1CNC(C)C. The third-order valence-electron chi connectivity index (χ3n) is 3.25. The van der Waals surface area contributed by atoms with Crippen LogP contribution in [0.25, 0.3) is 0 Å². The Labute approximate surface area is 121 Å². The number of hydrogen-bond donors (Lipinski definition) is 1. The molecule has 0 heterocycles. The second-order valence-electron chi connectivity index (χ2n) is 5.21. The first-order valence-corrected chi connectivity index (χ1v) is 7.27. The highest BCUT2D eigenvalue weighted by molar-refractivity contribution is 5.41. The number of ether oxygens (including phenoxy) is 1. The van der Waals surface area contributed by atoms with E-state index < -0.39 is 0 Å². The molecule has 0 aromatic heterocycles. The Balaban J connectivity index is 2.20. The summed E-state index contributed by atoms with van der Waals surface area (Å²) in [5, 5.41) is 3.44. The molecule has 2 aromatic carbocycles. The van der Waals surface area contributed by atoms with Gasteiger partial charge in [-0.1, -0.05) is 57.2 Å². The van der Waals surface area contributed by atoms with Gasteiger partial charge in [0.25, 0.3) is 0 Å². The second-order valence-corrected chi connectivity index (χ2v) is 5.21. The molecular formula is C18H23NO. The van der Waals surface area contributed by atoms with Gasteiger partial charge in [-0.25, -0.2) is 0 Å². The molecule has 0 unspecified atom stereocenters. The molecule has 0 saturated heterocycles. The summed E-state index contributed by atoms with van der Waals surface area (Å²) in [5.74, 6) is 1.88. The van der Waals surface area contributed by atoms with E-state index in [1.807, 2.05) is 24.3 Å². The highest BCUT2D eigenvalue weighted by atomic mass is 16.5. The smallest absolute Gasteiger partial charge is 0.131 e. The van der Waals surface area contributed by atoms with Crippen molar-refractivity contribution in [2.24, 2.45) is 0 Å². The standard InChI is InChI=1S/C18H23NO/c1-4-15-9-5-7-11-17(15)20-18-12-8-6-10-16(18)13-19-14(2)3/h5-12,14,19H,4,13H2,1-3H3. The van der Waals surface area contributed by atoms with Gasteiger partial charge in [-0.15, -0.1) is 0 Å². The fourth-order valence-corrected chi connectivity index (χ4v) is 2.08. The maximum atomic E-state index is 6.12. The minimum Gasteiger partial charge on any atom is -0.457 e. The van der Waals surface area contributed by atoms with E-state index in [4.69, 9.17) is 4.74 Å².